The van der Waals surface area contributed by atoms with Gasteiger partial charge in [-0.15, -0.1) is 0 Å². The van der Waals surface area contributed by atoms with E-state index in [0.717, 1.165) is 17.9 Å². The van der Waals surface area contributed by atoms with E-state index in [1.807, 2.05) is 6.92 Å². The first-order valence-electron chi connectivity index (χ1n) is 4.76. The molecule has 0 N–H and O–H groups in total. The van der Waals surface area contributed by atoms with Crippen molar-refractivity contribution in [1.82, 2.24) is 0 Å². The quantitative estimate of drug-likeness (QED) is 0.550. The molecule has 12 heavy (non-hydrogen) atoms. The van der Waals surface area contributed by atoms with Gasteiger partial charge >= 0.3 is 0 Å². The van der Waals surface area contributed by atoms with E-state index in [0.29, 0.717) is 0 Å². The second kappa shape index (κ2) is 4.30. The summed E-state index contributed by atoms with van der Waals surface area (Å²) in [6, 6.07) is 0. The largest absolute Gasteiger partial charge is 0.0961 e. The van der Waals surface area contributed by atoms with Gasteiger partial charge in [-0.2, -0.15) is 0 Å². The second-order valence-electron chi connectivity index (χ2n) is 3.62. The average molecular weight is 162 g/mol. The molecule has 0 heterocycles. The fraction of sp³-hybridized carbons (Fsp3) is 0.500. The maximum absolute atomic E-state index is 3.88. The van der Waals surface area contributed by atoms with Crippen LogP contribution in [0.1, 0.15) is 33.1 Å². The van der Waals surface area contributed by atoms with Gasteiger partial charge < -0.3 is 0 Å². The highest BCUT2D eigenvalue weighted by atomic mass is 14.2. The third-order valence-corrected chi connectivity index (χ3v) is 2.04. The molecule has 0 aromatic carbocycles. The van der Waals surface area contributed by atoms with Crippen LogP contribution in [0.3, 0.4) is 0 Å². The van der Waals surface area contributed by atoms with Crippen molar-refractivity contribution >= 4 is 0 Å². The summed E-state index contributed by atoms with van der Waals surface area (Å²) in [5.41, 5.74) is 2.54. The lowest BCUT2D eigenvalue weighted by atomic mass is 10.1. The van der Waals surface area contributed by atoms with Crippen molar-refractivity contribution in [3.05, 3.63) is 36.0 Å². The maximum Gasteiger partial charge on any atom is -0.0230 e. The van der Waals surface area contributed by atoms with Gasteiger partial charge in [-0.25, -0.2) is 0 Å². The van der Waals surface area contributed by atoms with Crippen LogP contribution in [0, 0.1) is 5.92 Å². The van der Waals surface area contributed by atoms with E-state index in [4.69, 9.17) is 0 Å². The van der Waals surface area contributed by atoms with E-state index in [2.05, 4.69) is 31.7 Å². The minimum atomic E-state index is 0.880. The summed E-state index contributed by atoms with van der Waals surface area (Å²) in [5, 5.41) is 0. The molecular formula is C12H18. The molecule has 66 valence electrons. The summed E-state index contributed by atoms with van der Waals surface area (Å²) in [5.74, 6) is 0.880. The number of allylic oxidation sites excluding steroid dienone is 5. The lowest BCUT2D eigenvalue weighted by Crippen LogP contribution is -1.76. The summed E-state index contributed by atoms with van der Waals surface area (Å²) >= 11 is 0. The van der Waals surface area contributed by atoms with Gasteiger partial charge in [0.05, 0.1) is 0 Å². The van der Waals surface area contributed by atoms with Crippen LogP contribution in [0.25, 0.3) is 0 Å². The third-order valence-electron chi connectivity index (χ3n) is 2.04. The molecule has 0 atom stereocenters. The Balaban J connectivity index is 2.48. The molecule has 1 aliphatic rings. The normalized spacial score (nSPS) is 18.7. The van der Waals surface area contributed by atoms with Crippen LogP contribution in [0.15, 0.2) is 36.0 Å². The lowest BCUT2D eigenvalue weighted by Gasteiger charge is -1.96. The SMILES string of the molecule is C=C(C)/C=C(/C=C/C1CC1)CC. The summed E-state index contributed by atoms with van der Waals surface area (Å²) in [7, 11) is 0. The Hall–Kier alpha value is -0.780. The summed E-state index contributed by atoms with van der Waals surface area (Å²) in [6.45, 7) is 8.10. The predicted molar refractivity (Wildman–Crippen MR) is 55.1 cm³/mol. The van der Waals surface area contributed by atoms with Gasteiger partial charge in [-0.05, 0) is 37.7 Å². The van der Waals surface area contributed by atoms with Crippen LogP contribution < -0.4 is 0 Å². The fourth-order valence-corrected chi connectivity index (χ4v) is 1.13. The molecule has 0 aromatic rings. The highest BCUT2D eigenvalue weighted by Gasteiger charge is 2.16. The molecule has 0 amide bonds. The molecule has 0 bridgehead atoms. The van der Waals surface area contributed by atoms with Crippen LogP contribution in [-0.2, 0) is 0 Å². The third kappa shape index (κ3) is 3.56. The lowest BCUT2D eigenvalue weighted by molar-refractivity contribution is 1.09. The molecule has 0 spiro atoms. The highest BCUT2D eigenvalue weighted by Crippen LogP contribution is 2.30. The number of hydrogen-bond acceptors (Lipinski definition) is 0. The molecule has 1 rings (SSSR count). The molecule has 0 radical (unpaired) electrons. The van der Waals surface area contributed by atoms with Crippen molar-refractivity contribution in [1.29, 1.82) is 0 Å². The smallest absolute Gasteiger partial charge is 0.0230 e. The van der Waals surface area contributed by atoms with Crippen LogP contribution in [0.4, 0.5) is 0 Å². The molecule has 0 nitrogen and oxygen atoms in total. The summed E-state index contributed by atoms with van der Waals surface area (Å²) in [6.07, 6.45) is 10.6. The molecule has 0 saturated heterocycles. The van der Waals surface area contributed by atoms with Gasteiger partial charge in [0.15, 0.2) is 0 Å². The van der Waals surface area contributed by atoms with Gasteiger partial charge in [0.2, 0.25) is 0 Å². The Morgan fingerprint density at radius 1 is 1.50 bits per heavy atom. The van der Waals surface area contributed by atoms with Gasteiger partial charge in [0, 0.05) is 0 Å². The molecule has 1 aliphatic carbocycles. The predicted octanol–water partition coefficient (Wildman–Crippen LogP) is 3.87. The minimum Gasteiger partial charge on any atom is -0.0961 e. The molecule has 0 aromatic heterocycles. The van der Waals surface area contributed by atoms with Crippen LogP contribution in [0.5, 0.6) is 0 Å². The van der Waals surface area contributed by atoms with Gasteiger partial charge in [0.25, 0.3) is 0 Å². The molecular weight excluding hydrogens is 144 g/mol. The molecule has 1 saturated carbocycles. The van der Waals surface area contributed by atoms with E-state index in [1.54, 1.807) is 0 Å². The zero-order valence-corrected chi connectivity index (χ0v) is 8.14. The van der Waals surface area contributed by atoms with Crippen LogP contribution in [0.2, 0.25) is 0 Å². The molecule has 0 unspecified atom stereocenters. The monoisotopic (exact) mass is 162 g/mol. The van der Waals surface area contributed by atoms with Crippen LogP contribution in [-0.4, -0.2) is 0 Å². The Labute approximate surface area is 75.7 Å². The van der Waals surface area contributed by atoms with Crippen molar-refractivity contribution in [3.8, 4) is 0 Å². The molecule has 0 heteroatoms. The molecule has 1 fully saturated rings. The Kier molecular flexibility index (Phi) is 3.33. The average Bonchev–Trinajstić information content (AvgIpc) is 2.80. The zero-order chi connectivity index (χ0) is 8.97. The molecule has 0 aliphatic heterocycles. The maximum atomic E-state index is 3.88. The summed E-state index contributed by atoms with van der Waals surface area (Å²) < 4.78 is 0. The summed E-state index contributed by atoms with van der Waals surface area (Å²) in [4.78, 5) is 0. The van der Waals surface area contributed by atoms with E-state index in [9.17, 15) is 0 Å². The Morgan fingerprint density at radius 2 is 2.17 bits per heavy atom. The van der Waals surface area contributed by atoms with E-state index >= 15 is 0 Å². The van der Waals surface area contributed by atoms with Gasteiger partial charge in [-0.1, -0.05) is 37.3 Å². The van der Waals surface area contributed by atoms with E-state index in [1.165, 1.54) is 18.4 Å². The van der Waals surface area contributed by atoms with Crippen molar-refractivity contribution in [3.63, 3.8) is 0 Å². The van der Waals surface area contributed by atoms with Gasteiger partial charge in [-0.3, -0.25) is 0 Å². The minimum absolute atomic E-state index is 0.880. The Bertz CT molecular complexity index is 214. The second-order valence-corrected chi connectivity index (χ2v) is 3.62. The van der Waals surface area contributed by atoms with Gasteiger partial charge in [0.1, 0.15) is 0 Å². The zero-order valence-electron chi connectivity index (χ0n) is 8.14. The number of rotatable bonds is 4. The Morgan fingerprint density at radius 3 is 2.58 bits per heavy atom. The first-order chi connectivity index (χ1) is 5.72. The number of hydrogen-bond donors (Lipinski definition) is 0. The highest BCUT2D eigenvalue weighted by molar-refractivity contribution is 5.27. The van der Waals surface area contributed by atoms with E-state index < -0.39 is 0 Å². The van der Waals surface area contributed by atoms with Crippen LogP contribution >= 0.6 is 0 Å². The van der Waals surface area contributed by atoms with Crippen molar-refractivity contribution in [2.45, 2.75) is 33.1 Å². The van der Waals surface area contributed by atoms with Crippen molar-refractivity contribution < 1.29 is 0 Å². The standard InChI is InChI=1S/C12H18/c1-4-11(9-10(2)3)5-6-12-7-8-12/h5-6,9,12H,2,4,7-8H2,1,3H3/b6-5+,11-9+. The van der Waals surface area contributed by atoms with E-state index in [-0.39, 0.29) is 0 Å². The fourth-order valence-electron chi connectivity index (χ4n) is 1.13. The first kappa shape index (κ1) is 9.31. The topological polar surface area (TPSA) is 0 Å². The van der Waals surface area contributed by atoms with Crippen molar-refractivity contribution in [2.24, 2.45) is 5.92 Å². The van der Waals surface area contributed by atoms with Crippen molar-refractivity contribution in [2.75, 3.05) is 0 Å². The first-order valence-corrected chi connectivity index (χ1v) is 4.76.